The van der Waals surface area contributed by atoms with Crippen LogP contribution in [0.5, 0.6) is 0 Å². The fourth-order valence-corrected chi connectivity index (χ4v) is 1.47. The lowest BCUT2D eigenvalue weighted by Crippen LogP contribution is -2.33. The van der Waals surface area contributed by atoms with Crippen molar-refractivity contribution in [1.82, 2.24) is 20.5 Å². The van der Waals surface area contributed by atoms with Crippen molar-refractivity contribution in [2.24, 2.45) is 0 Å². The van der Waals surface area contributed by atoms with E-state index in [1.807, 2.05) is 0 Å². The van der Waals surface area contributed by atoms with Crippen molar-refractivity contribution in [3.63, 3.8) is 0 Å². The molecule has 1 aromatic carbocycles. The number of rotatable bonds is 4. The highest BCUT2D eigenvalue weighted by atomic mass is 19.2. The highest BCUT2D eigenvalue weighted by Gasteiger charge is 2.12. The molecule has 2 rings (SSSR count). The summed E-state index contributed by atoms with van der Waals surface area (Å²) in [6.45, 7) is 1.30. The predicted molar refractivity (Wildman–Crippen MR) is 68.4 cm³/mol. The SMILES string of the molecule is Cc1nc(NC(=O)CNC(=O)c2ccc(F)c(F)c2)n[nH]1. The van der Waals surface area contributed by atoms with Crippen LogP contribution in [0.1, 0.15) is 16.2 Å². The Morgan fingerprint density at radius 3 is 2.67 bits per heavy atom. The van der Waals surface area contributed by atoms with Crippen LogP contribution >= 0.6 is 0 Å². The van der Waals surface area contributed by atoms with Gasteiger partial charge < -0.3 is 5.32 Å². The average Bonchev–Trinajstić information content (AvgIpc) is 2.84. The van der Waals surface area contributed by atoms with E-state index in [2.05, 4.69) is 25.8 Å². The molecule has 0 aliphatic carbocycles. The van der Waals surface area contributed by atoms with Gasteiger partial charge in [0.2, 0.25) is 11.9 Å². The van der Waals surface area contributed by atoms with Crippen LogP contribution in [0.25, 0.3) is 0 Å². The number of benzene rings is 1. The van der Waals surface area contributed by atoms with Gasteiger partial charge in [-0.3, -0.25) is 20.0 Å². The number of hydrogen-bond donors (Lipinski definition) is 3. The number of amides is 2. The number of carbonyl (C=O) groups excluding carboxylic acids is 2. The van der Waals surface area contributed by atoms with E-state index in [4.69, 9.17) is 0 Å². The Balaban J connectivity index is 1.88. The average molecular weight is 295 g/mol. The first-order valence-electron chi connectivity index (χ1n) is 5.88. The Morgan fingerprint density at radius 2 is 2.05 bits per heavy atom. The standard InChI is InChI=1S/C12H11F2N5O2/c1-6-16-12(19-18-6)17-10(20)5-15-11(21)7-2-3-8(13)9(14)4-7/h2-4H,5H2,1H3,(H,15,21)(H2,16,17,18,19,20). The molecule has 110 valence electrons. The molecule has 0 spiro atoms. The van der Waals surface area contributed by atoms with Gasteiger partial charge in [-0.05, 0) is 25.1 Å². The van der Waals surface area contributed by atoms with Gasteiger partial charge in [0.05, 0.1) is 6.54 Å². The van der Waals surface area contributed by atoms with Crippen molar-refractivity contribution in [2.45, 2.75) is 6.92 Å². The van der Waals surface area contributed by atoms with Gasteiger partial charge in [-0.2, -0.15) is 4.98 Å². The highest BCUT2D eigenvalue weighted by Crippen LogP contribution is 2.08. The summed E-state index contributed by atoms with van der Waals surface area (Å²) < 4.78 is 25.7. The second-order valence-electron chi connectivity index (χ2n) is 4.10. The molecule has 7 nitrogen and oxygen atoms in total. The maximum atomic E-state index is 13.0. The predicted octanol–water partition coefficient (Wildman–Crippen LogP) is 0.760. The molecule has 1 aromatic heterocycles. The Bertz CT molecular complexity index is 686. The molecular weight excluding hydrogens is 284 g/mol. The quantitative estimate of drug-likeness (QED) is 0.775. The smallest absolute Gasteiger partial charge is 0.251 e. The molecule has 2 aromatic rings. The zero-order valence-corrected chi connectivity index (χ0v) is 10.9. The Kier molecular flexibility index (Phi) is 4.21. The summed E-state index contributed by atoms with van der Waals surface area (Å²) in [7, 11) is 0. The maximum absolute atomic E-state index is 13.0. The van der Waals surface area contributed by atoms with E-state index in [1.165, 1.54) is 0 Å². The molecule has 0 atom stereocenters. The molecule has 0 aliphatic rings. The zero-order valence-electron chi connectivity index (χ0n) is 10.9. The van der Waals surface area contributed by atoms with Gasteiger partial charge in [0, 0.05) is 5.56 Å². The number of aryl methyl sites for hydroxylation is 1. The summed E-state index contributed by atoms with van der Waals surface area (Å²) in [5.41, 5.74) is -0.0876. The van der Waals surface area contributed by atoms with E-state index in [0.717, 1.165) is 18.2 Å². The number of anilines is 1. The minimum Gasteiger partial charge on any atom is -0.343 e. The van der Waals surface area contributed by atoms with Gasteiger partial charge in [-0.15, -0.1) is 5.10 Å². The third-order valence-electron chi connectivity index (χ3n) is 2.44. The number of nitrogens with zero attached hydrogens (tertiary/aromatic N) is 2. The molecule has 1 heterocycles. The van der Waals surface area contributed by atoms with E-state index in [0.29, 0.717) is 5.82 Å². The minimum absolute atomic E-state index is 0.0829. The fraction of sp³-hybridized carbons (Fsp3) is 0.167. The van der Waals surface area contributed by atoms with Crippen molar-refractivity contribution in [3.8, 4) is 0 Å². The van der Waals surface area contributed by atoms with Crippen LogP contribution in [0.15, 0.2) is 18.2 Å². The number of aromatic amines is 1. The van der Waals surface area contributed by atoms with Crippen LogP contribution in [-0.4, -0.2) is 33.5 Å². The van der Waals surface area contributed by atoms with Crippen molar-refractivity contribution < 1.29 is 18.4 Å². The zero-order chi connectivity index (χ0) is 15.4. The Labute approximate surface area is 117 Å². The van der Waals surface area contributed by atoms with Gasteiger partial charge in [0.1, 0.15) is 5.82 Å². The summed E-state index contributed by atoms with van der Waals surface area (Å²) >= 11 is 0. The van der Waals surface area contributed by atoms with Crippen LogP contribution in [0.4, 0.5) is 14.7 Å². The van der Waals surface area contributed by atoms with Gasteiger partial charge in [0.15, 0.2) is 11.6 Å². The molecule has 0 radical (unpaired) electrons. The number of aromatic nitrogens is 3. The van der Waals surface area contributed by atoms with E-state index in [9.17, 15) is 18.4 Å². The summed E-state index contributed by atoms with van der Waals surface area (Å²) in [6, 6.07) is 2.70. The Morgan fingerprint density at radius 1 is 1.29 bits per heavy atom. The fourth-order valence-electron chi connectivity index (χ4n) is 1.47. The molecule has 3 N–H and O–H groups in total. The summed E-state index contributed by atoms with van der Waals surface area (Å²) in [6.07, 6.45) is 0. The molecular formula is C12H11F2N5O2. The van der Waals surface area contributed by atoms with E-state index in [1.54, 1.807) is 6.92 Å². The number of halogens is 2. The van der Waals surface area contributed by atoms with E-state index in [-0.39, 0.29) is 18.1 Å². The first-order valence-corrected chi connectivity index (χ1v) is 5.88. The molecule has 0 unspecified atom stereocenters. The van der Waals surface area contributed by atoms with E-state index >= 15 is 0 Å². The first kappa shape index (κ1) is 14.6. The molecule has 9 heteroatoms. The largest absolute Gasteiger partial charge is 0.343 e. The number of H-pyrrole nitrogens is 1. The van der Waals surface area contributed by atoms with Crippen LogP contribution in [-0.2, 0) is 4.79 Å². The lowest BCUT2D eigenvalue weighted by molar-refractivity contribution is -0.115. The molecule has 0 bridgehead atoms. The summed E-state index contributed by atoms with van der Waals surface area (Å²) in [5.74, 6) is -2.83. The van der Waals surface area contributed by atoms with Crippen molar-refractivity contribution in [2.75, 3.05) is 11.9 Å². The third kappa shape index (κ3) is 3.81. The molecule has 0 saturated heterocycles. The molecule has 21 heavy (non-hydrogen) atoms. The third-order valence-corrected chi connectivity index (χ3v) is 2.44. The molecule has 0 saturated carbocycles. The Hall–Kier alpha value is -2.84. The topological polar surface area (TPSA) is 99.8 Å². The lowest BCUT2D eigenvalue weighted by Gasteiger charge is -2.05. The van der Waals surface area contributed by atoms with Crippen LogP contribution in [0.2, 0.25) is 0 Å². The van der Waals surface area contributed by atoms with Crippen molar-refractivity contribution in [1.29, 1.82) is 0 Å². The van der Waals surface area contributed by atoms with Crippen LogP contribution in [0.3, 0.4) is 0 Å². The number of carbonyl (C=O) groups is 2. The lowest BCUT2D eigenvalue weighted by atomic mass is 10.2. The minimum atomic E-state index is -1.14. The maximum Gasteiger partial charge on any atom is 0.251 e. The van der Waals surface area contributed by atoms with Gasteiger partial charge in [-0.25, -0.2) is 8.78 Å². The van der Waals surface area contributed by atoms with Gasteiger partial charge in [-0.1, -0.05) is 0 Å². The van der Waals surface area contributed by atoms with Crippen LogP contribution < -0.4 is 10.6 Å². The normalized spacial score (nSPS) is 10.2. The second kappa shape index (κ2) is 6.07. The van der Waals surface area contributed by atoms with Gasteiger partial charge in [0.25, 0.3) is 5.91 Å². The summed E-state index contributed by atoms with van der Waals surface area (Å²) in [4.78, 5) is 27.0. The molecule has 0 fully saturated rings. The molecule has 0 aliphatic heterocycles. The monoisotopic (exact) mass is 295 g/mol. The number of hydrogen-bond acceptors (Lipinski definition) is 4. The van der Waals surface area contributed by atoms with Crippen molar-refractivity contribution in [3.05, 3.63) is 41.2 Å². The van der Waals surface area contributed by atoms with Crippen molar-refractivity contribution >= 4 is 17.8 Å². The van der Waals surface area contributed by atoms with Crippen LogP contribution in [0, 0.1) is 18.6 Å². The highest BCUT2D eigenvalue weighted by molar-refractivity contribution is 5.98. The first-order chi connectivity index (χ1) is 9.95. The van der Waals surface area contributed by atoms with E-state index < -0.39 is 23.4 Å². The molecule has 2 amide bonds. The summed E-state index contributed by atoms with van der Waals surface area (Å²) in [5, 5.41) is 10.8. The second-order valence-corrected chi connectivity index (χ2v) is 4.10. The van der Waals surface area contributed by atoms with Gasteiger partial charge >= 0.3 is 0 Å². The number of nitrogens with one attached hydrogen (secondary N) is 3.